The Labute approximate surface area is 154 Å². The molecule has 0 bridgehead atoms. The summed E-state index contributed by atoms with van der Waals surface area (Å²) in [5.74, 6) is 1.63. The van der Waals surface area contributed by atoms with Gasteiger partial charge in [0, 0.05) is 15.7 Å². The number of ether oxygens (including phenoxy) is 1. The Bertz CT molecular complexity index is 934. The number of carbonyl (C=O) groups is 1. The minimum atomic E-state index is 0.0453. The van der Waals surface area contributed by atoms with Crippen LogP contribution in [0, 0.1) is 0 Å². The summed E-state index contributed by atoms with van der Waals surface area (Å²) in [6, 6.07) is 15.4. The third-order valence-electron chi connectivity index (χ3n) is 4.35. The van der Waals surface area contributed by atoms with Crippen molar-refractivity contribution in [3.63, 3.8) is 0 Å². The van der Waals surface area contributed by atoms with Crippen molar-refractivity contribution in [2.24, 2.45) is 0 Å². The Balaban J connectivity index is 1.68. The lowest BCUT2D eigenvalue weighted by Crippen LogP contribution is -2.39. The summed E-state index contributed by atoms with van der Waals surface area (Å²) in [6.07, 6.45) is 1.84. The molecule has 2 aromatic carbocycles. The van der Waals surface area contributed by atoms with Crippen molar-refractivity contribution >= 4 is 27.5 Å². The van der Waals surface area contributed by atoms with Gasteiger partial charge in [-0.05, 0) is 30.3 Å². The van der Waals surface area contributed by atoms with E-state index in [4.69, 9.17) is 4.74 Å². The molecule has 0 N–H and O–H groups in total. The van der Waals surface area contributed by atoms with Gasteiger partial charge in [-0.15, -0.1) is 0 Å². The number of hydrogen-bond donors (Lipinski definition) is 0. The van der Waals surface area contributed by atoms with Gasteiger partial charge in [-0.2, -0.15) is 0 Å². The van der Waals surface area contributed by atoms with Crippen LogP contribution in [0.25, 0.3) is 11.4 Å². The maximum atomic E-state index is 12.7. The number of carbonyl (C=O) groups excluding carboxylic acids is 1. The molecule has 1 aliphatic rings. The molecule has 25 heavy (non-hydrogen) atoms. The van der Waals surface area contributed by atoms with Gasteiger partial charge in [0.25, 0.3) is 0 Å². The SMILES string of the molecule is COc1ccc(N2Cc3cnc(-c4ccccc4Br)n3CC2=O)cc1. The van der Waals surface area contributed by atoms with Crippen LogP contribution in [-0.2, 0) is 17.9 Å². The van der Waals surface area contributed by atoms with Gasteiger partial charge >= 0.3 is 0 Å². The van der Waals surface area contributed by atoms with Gasteiger partial charge in [0.1, 0.15) is 18.1 Å². The van der Waals surface area contributed by atoms with E-state index in [9.17, 15) is 4.79 Å². The maximum absolute atomic E-state index is 12.7. The molecule has 6 heteroatoms. The van der Waals surface area contributed by atoms with Gasteiger partial charge < -0.3 is 14.2 Å². The van der Waals surface area contributed by atoms with Crippen LogP contribution in [0.1, 0.15) is 5.69 Å². The molecule has 0 radical (unpaired) electrons. The number of rotatable bonds is 3. The first-order valence-electron chi connectivity index (χ1n) is 7.91. The van der Waals surface area contributed by atoms with E-state index < -0.39 is 0 Å². The van der Waals surface area contributed by atoms with Gasteiger partial charge in [0.2, 0.25) is 5.91 Å². The second-order valence-corrected chi connectivity index (χ2v) is 6.67. The number of benzene rings is 2. The summed E-state index contributed by atoms with van der Waals surface area (Å²) in [5.41, 5.74) is 2.86. The van der Waals surface area contributed by atoms with Crippen LogP contribution in [0.4, 0.5) is 5.69 Å². The summed E-state index contributed by atoms with van der Waals surface area (Å²) in [6.45, 7) is 0.778. The number of imidazole rings is 1. The molecule has 2 heterocycles. The predicted octanol–water partition coefficient (Wildman–Crippen LogP) is 3.87. The highest BCUT2D eigenvalue weighted by Crippen LogP contribution is 2.31. The van der Waals surface area contributed by atoms with Crippen molar-refractivity contribution in [2.75, 3.05) is 12.0 Å². The third-order valence-corrected chi connectivity index (χ3v) is 5.04. The number of fused-ring (bicyclic) bond motifs is 1. The number of anilines is 1. The molecule has 0 spiro atoms. The largest absolute Gasteiger partial charge is 0.497 e. The van der Waals surface area contributed by atoms with E-state index in [0.29, 0.717) is 6.54 Å². The smallest absolute Gasteiger partial charge is 0.247 e. The van der Waals surface area contributed by atoms with Gasteiger partial charge in [0.15, 0.2) is 0 Å². The monoisotopic (exact) mass is 397 g/mol. The summed E-state index contributed by atoms with van der Waals surface area (Å²) in [4.78, 5) is 19.0. The van der Waals surface area contributed by atoms with Gasteiger partial charge in [-0.3, -0.25) is 4.79 Å². The zero-order valence-electron chi connectivity index (χ0n) is 13.6. The molecular formula is C19H16BrN3O2. The van der Waals surface area contributed by atoms with Crippen LogP contribution in [0.15, 0.2) is 59.2 Å². The predicted molar refractivity (Wildman–Crippen MR) is 99.5 cm³/mol. The molecule has 5 nitrogen and oxygen atoms in total. The zero-order chi connectivity index (χ0) is 17.4. The molecule has 0 saturated heterocycles. The molecule has 0 aliphatic carbocycles. The van der Waals surface area contributed by atoms with Crippen molar-refractivity contribution < 1.29 is 9.53 Å². The summed E-state index contributed by atoms with van der Waals surface area (Å²) in [5, 5.41) is 0. The first kappa shape index (κ1) is 15.9. The van der Waals surface area contributed by atoms with Crippen molar-refractivity contribution in [2.45, 2.75) is 13.1 Å². The molecule has 1 aromatic heterocycles. The average molecular weight is 398 g/mol. The first-order valence-corrected chi connectivity index (χ1v) is 8.70. The van der Waals surface area contributed by atoms with Gasteiger partial charge in [-0.25, -0.2) is 4.98 Å². The summed E-state index contributed by atoms with van der Waals surface area (Å²) >= 11 is 3.56. The molecule has 4 rings (SSSR count). The Kier molecular flexibility index (Phi) is 4.05. The van der Waals surface area contributed by atoms with Crippen LogP contribution < -0.4 is 9.64 Å². The Morgan fingerprint density at radius 2 is 1.84 bits per heavy atom. The topological polar surface area (TPSA) is 47.4 Å². The highest BCUT2D eigenvalue weighted by atomic mass is 79.9. The van der Waals surface area contributed by atoms with Crippen LogP contribution in [-0.4, -0.2) is 22.6 Å². The van der Waals surface area contributed by atoms with E-state index >= 15 is 0 Å². The fourth-order valence-corrected chi connectivity index (χ4v) is 3.50. The minimum Gasteiger partial charge on any atom is -0.497 e. The molecule has 1 amide bonds. The van der Waals surface area contributed by atoms with E-state index in [1.54, 1.807) is 12.0 Å². The number of halogens is 1. The zero-order valence-corrected chi connectivity index (χ0v) is 15.2. The normalized spacial score (nSPS) is 13.7. The van der Waals surface area contributed by atoms with E-state index in [-0.39, 0.29) is 12.5 Å². The molecule has 0 atom stereocenters. The molecule has 1 aliphatic heterocycles. The fraction of sp³-hybridized carbons (Fsp3) is 0.158. The average Bonchev–Trinajstić information content (AvgIpc) is 3.04. The maximum Gasteiger partial charge on any atom is 0.247 e. The van der Waals surface area contributed by atoms with Crippen LogP contribution in [0.5, 0.6) is 5.75 Å². The van der Waals surface area contributed by atoms with Crippen molar-refractivity contribution in [3.8, 4) is 17.1 Å². The van der Waals surface area contributed by atoms with Crippen molar-refractivity contribution in [1.82, 2.24) is 9.55 Å². The second kappa shape index (κ2) is 6.37. The molecule has 3 aromatic rings. The standard InChI is InChI=1S/C19H16BrN3O2/c1-25-15-8-6-13(7-9-15)22-11-14-10-21-19(23(14)12-18(22)24)16-4-2-3-5-17(16)20/h2-10H,11-12H2,1H3. The number of nitrogens with zero attached hydrogens (tertiary/aromatic N) is 3. The van der Waals surface area contributed by atoms with E-state index in [1.165, 1.54) is 0 Å². The lowest BCUT2D eigenvalue weighted by molar-refractivity contribution is -0.120. The van der Waals surface area contributed by atoms with E-state index in [0.717, 1.165) is 33.0 Å². The number of aromatic nitrogens is 2. The Morgan fingerprint density at radius 1 is 1.08 bits per heavy atom. The molecule has 0 unspecified atom stereocenters. The van der Waals surface area contributed by atoms with Crippen LogP contribution in [0.2, 0.25) is 0 Å². The van der Waals surface area contributed by atoms with Crippen molar-refractivity contribution in [1.29, 1.82) is 0 Å². The Morgan fingerprint density at radius 3 is 2.56 bits per heavy atom. The van der Waals surface area contributed by atoms with E-state index in [2.05, 4.69) is 20.9 Å². The van der Waals surface area contributed by atoms with Gasteiger partial charge in [0.05, 0.1) is 25.5 Å². The quantitative estimate of drug-likeness (QED) is 0.673. The highest BCUT2D eigenvalue weighted by Gasteiger charge is 2.27. The second-order valence-electron chi connectivity index (χ2n) is 5.82. The van der Waals surface area contributed by atoms with Crippen LogP contribution >= 0.6 is 15.9 Å². The van der Waals surface area contributed by atoms with E-state index in [1.807, 2.05) is 59.3 Å². The third kappa shape index (κ3) is 2.82. The summed E-state index contributed by atoms with van der Waals surface area (Å²) in [7, 11) is 1.63. The Hall–Kier alpha value is -2.60. The lowest BCUT2D eigenvalue weighted by Gasteiger charge is -2.29. The molecule has 0 saturated carbocycles. The first-order chi connectivity index (χ1) is 12.2. The number of methoxy groups -OCH3 is 1. The minimum absolute atomic E-state index is 0.0453. The van der Waals surface area contributed by atoms with Crippen molar-refractivity contribution in [3.05, 3.63) is 64.9 Å². The molecular weight excluding hydrogens is 382 g/mol. The number of hydrogen-bond acceptors (Lipinski definition) is 3. The lowest BCUT2D eigenvalue weighted by atomic mass is 10.2. The van der Waals surface area contributed by atoms with Gasteiger partial charge in [-0.1, -0.05) is 34.1 Å². The van der Waals surface area contributed by atoms with Crippen LogP contribution in [0.3, 0.4) is 0 Å². The molecule has 0 fully saturated rings. The molecule has 126 valence electrons. The summed E-state index contributed by atoms with van der Waals surface area (Å²) < 4.78 is 8.14. The number of amides is 1. The highest BCUT2D eigenvalue weighted by molar-refractivity contribution is 9.10. The fourth-order valence-electron chi connectivity index (χ4n) is 3.04.